The molecular weight excluding hydrogens is 244 g/mol. The van der Waals surface area contributed by atoms with Crippen molar-refractivity contribution in [2.75, 3.05) is 18.0 Å². The number of fused-ring (bicyclic) bond motifs is 1. The monoisotopic (exact) mass is 266 g/mol. The summed E-state index contributed by atoms with van der Waals surface area (Å²) in [4.78, 5) is 2.51. The first kappa shape index (κ1) is 13.2. The fourth-order valence-corrected chi connectivity index (χ4v) is 3.09. The first-order chi connectivity index (χ1) is 9.88. The Kier molecular flexibility index (Phi) is 4.03. The summed E-state index contributed by atoms with van der Waals surface area (Å²) in [6.07, 6.45) is 3.42. The molecule has 0 atom stereocenters. The van der Waals surface area contributed by atoms with Crippen molar-refractivity contribution >= 4 is 5.69 Å². The van der Waals surface area contributed by atoms with Crippen LogP contribution in [0.5, 0.6) is 0 Å². The van der Waals surface area contributed by atoms with Gasteiger partial charge in [-0.05, 0) is 48.6 Å². The fourth-order valence-electron chi connectivity index (χ4n) is 3.09. The van der Waals surface area contributed by atoms with Crippen molar-refractivity contribution in [2.24, 2.45) is 5.73 Å². The van der Waals surface area contributed by atoms with Crippen LogP contribution in [0.3, 0.4) is 0 Å². The van der Waals surface area contributed by atoms with E-state index in [1.807, 2.05) is 0 Å². The zero-order valence-electron chi connectivity index (χ0n) is 11.9. The van der Waals surface area contributed by atoms with Gasteiger partial charge < -0.3 is 10.6 Å². The van der Waals surface area contributed by atoms with Crippen molar-refractivity contribution in [3.63, 3.8) is 0 Å². The molecule has 0 fully saturated rings. The minimum atomic E-state index is 0.716. The second kappa shape index (κ2) is 6.10. The fraction of sp³-hybridized carbons (Fsp3) is 0.333. The van der Waals surface area contributed by atoms with E-state index < -0.39 is 0 Å². The molecule has 0 bridgehead atoms. The SMILES string of the molecule is NCCc1ccccc1CN1CCCc2ccccc21. The van der Waals surface area contributed by atoms with Crippen molar-refractivity contribution in [1.82, 2.24) is 0 Å². The van der Waals surface area contributed by atoms with E-state index in [9.17, 15) is 0 Å². The van der Waals surface area contributed by atoms with E-state index >= 15 is 0 Å². The number of anilines is 1. The standard InChI is InChI=1S/C18H22N2/c19-12-11-15-6-1-2-8-17(15)14-20-13-5-9-16-7-3-4-10-18(16)20/h1-4,6-8,10H,5,9,11-14,19H2. The number of hydrogen-bond acceptors (Lipinski definition) is 2. The maximum absolute atomic E-state index is 5.73. The van der Waals surface area contributed by atoms with Gasteiger partial charge in [-0.15, -0.1) is 0 Å². The second-order valence-corrected chi connectivity index (χ2v) is 5.46. The zero-order valence-corrected chi connectivity index (χ0v) is 11.9. The van der Waals surface area contributed by atoms with E-state index in [1.165, 1.54) is 35.2 Å². The van der Waals surface area contributed by atoms with Gasteiger partial charge in [0.1, 0.15) is 0 Å². The van der Waals surface area contributed by atoms with Crippen LogP contribution < -0.4 is 10.6 Å². The summed E-state index contributed by atoms with van der Waals surface area (Å²) in [5, 5.41) is 0. The Morgan fingerprint density at radius 2 is 1.70 bits per heavy atom. The lowest BCUT2D eigenvalue weighted by Crippen LogP contribution is -2.29. The molecule has 1 heterocycles. The molecule has 2 nitrogen and oxygen atoms in total. The molecular formula is C18H22N2. The summed E-state index contributed by atoms with van der Waals surface area (Å²) in [5.74, 6) is 0. The number of para-hydroxylation sites is 1. The molecule has 0 spiro atoms. The van der Waals surface area contributed by atoms with Crippen LogP contribution in [0, 0.1) is 0 Å². The summed E-state index contributed by atoms with van der Waals surface area (Å²) in [7, 11) is 0. The third-order valence-electron chi connectivity index (χ3n) is 4.10. The molecule has 20 heavy (non-hydrogen) atoms. The minimum absolute atomic E-state index is 0.716. The Labute approximate surface area is 121 Å². The van der Waals surface area contributed by atoms with Gasteiger partial charge in [0.2, 0.25) is 0 Å². The number of rotatable bonds is 4. The van der Waals surface area contributed by atoms with Gasteiger partial charge in [0, 0.05) is 18.8 Å². The van der Waals surface area contributed by atoms with Gasteiger partial charge in [0.15, 0.2) is 0 Å². The Morgan fingerprint density at radius 1 is 0.950 bits per heavy atom. The average molecular weight is 266 g/mol. The highest BCUT2D eigenvalue weighted by Gasteiger charge is 2.17. The normalized spacial score (nSPS) is 14.2. The van der Waals surface area contributed by atoms with Crippen LogP contribution in [0.1, 0.15) is 23.1 Å². The number of benzene rings is 2. The Hall–Kier alpha value is -1.80. The Balaban J connectivity index is 1.86. The maximum Gasteiger partial charge on any atom is 0.0432 e. The van der Waals surface area contributed by atoms with E-state index in [-0.39, 0.29) is 0 Å². The second-order valence-electron chi connectivity index (χ2n) is 5.46. The molecule has 0 unspecified atom stereocenters. The molecule has 0 saturated heterocycles. The van der Waals surface area contributed by atoms with Crippen molar-refractivity contribution in [3.8, 4) is 0 Å². The number of aryl methyl sites for hydroxylation is 1. The van der Waals surface area contributed by atoms with Gasteiger partial charge in [0.05, 0.1) is 0 Å². The molecule has 104 valence electrons. The van der Waals surface area contributed by atoms with Gasteiger partial charge in [-0.3, -0.25) is 0 Å². The van der Waals surface area contributed by atoms with Crippen LogP contribution in [-0.2, 0) is 19.4 Å². The highest BCUT2D eigenvalue weighted by molar-refractivity contribution is 5.56. The molecule has 0 aromatic heterocycles. The van der Waals surface area contributed by atoms with Gasteiger partial charge in [0.25, 0.3) is 0 Å². The minimum Gasteiger partial charge on any atom is -0.367 e. The number of hydrogen-bond donors (Lipinski definition) is 1. The third-order valence-corrected chi connectivity index (χ3v) is 4.10. The Morgan fingerprint density at radius 3 is 2.55 bits per heavy atom. The lowest BCUT2D eigenvalue weighted by Gasteiger charge is -2.32. The smallest absolute Gasteiger partial charge is 0.0432 e. The highest BCUT2D eigenvalue weighted by atomic mass is 15.1. The molecule has 1 aliphatic rings. The number of nitrogens with two attached hydrogens (primary N) is 1. The predicted octanol–water partition coefficient (Wildman–Crippen LogP) is 3.14. The van der Waals surface area contributed by atoms with Gasteiger partial charge in [-0.2, -0.15) is 0 Å². The third kappa shape index (κ3) is 2.70. The van der Waals surface area contributed by atoms with Crippen LogP contribution in [0.15, 0.2) is 48.5 Å². The first-order valence-electron chi connectivity index (χ1n) is 7.48. The molecule has 2 aromatic rings. The largest absolute Gasteiger partial charge is 0.367 e. The first-order valence-corrected chi connectivity index (χ1v) is 7.48. The molecule has 0 aliphatic carbocycles. The summed E-state index contributed by atoms with van der Waals surface area (Å²) in [6, 6.07) is 17.5. The van der Waals surface area contributed by atoms with Crippen LogP contribution in [0.4, 0.5) is 5.69 Å². The van der Waals surface area contributed by atoms with Crippen LogP contribution in [0.25, 0.3) is 0 Å². The molecule has 3 rings (SSSR count). The van der Waals surface area contributed by atoms with E-state index in [4.69, 9.17) is 5.73 Å². The summed E-state index contributed by atoms with van der Waals surface area (Å²) in [5.41, 5.74) is 11.4. The van der Waals surface area contributed by atoms with Crippen molar-refractivity contribution in [1.29, 1.82) is 0 Å². The molecule has 2 aromatic carbocycles. The van der Waals surface area contributed by atoms with Gasteiger partial charge in [-0.1, -0.05) is 42.5 Å². The molecule has 0 radical (unpaired) electrons. The van der Waals surface area contributed by atoms with Crippen LogP contribution >= 0.6 is 0 Å². The molecule has 1 aliphatic heterocycles. The quantitative estimate of drug-likeness (QED) is 0.921. The predicted molar refractivity (Wildman–Crippen MR) is 85.0 cm³/mol. The average Bonchev–Trinajstić information content (AvgIpc) is 2.50. The highest BCUT2D eigenvalue weighted by Crippen LogP contribution is 2.28. The van der Waals surface area contributed by atoms with Crippen molar-refractivity contribution < 1.29 is 0 Å². The van der Waals surface area contributed by atoms with E-state index in [2.05, 4.69) is 53.4 Å². The lowest BCUT2D eigenvalue weighted by atomic mass is 9.99. The summed E-state index contributed by atoms with van der Waals surface area (Å²) < 4.78 is 0. The van der Waals surface area contributed by atoms with Crippen molar-refractivity contribution in [3.05, 3.63) is 65.2 Å². The molecule has 0 saturated carbocycles. The van der Waals surface area contributed by atoms with E-state index in [0.29, 0.717) is 6.54 Å². The van der Waals surface area contributed by atoms with Gasteiger partial charge >= 0.3 is 0 Å². The summed E-state index contributed by atoms with van der Waals surface area (Å²) >= 11 is 0. The van der Waals surface area contributed by atoms with Crippen LogP contribution in [0.2, 0.25) is 0 Å². The van der Waals surface area contributed by atoms with Gasteiger partial charge in [-0.25, -0.2) is 0 Å². The Bertz CT molecular complexity index is 577. The topological polar surface area (TPSA) is 29.3 Å². The summed E-state index contributed by atoms with van der Waals surface area (Å²) in [6.45, 7) is 2.86. The maximum atomic E-state index is 5.73. The van der Waals surface area contributed by atoms with Crippen LogP contribution in [-0.4, -0.2) is 13.1 Å². The van der Waals surface area contributed by atoms with E-state index in [0.717, 1.165) is 19.5 Å². The lowest BCUT2D eigenvalue weighted by molar-refractivity contribution is 0.688. The number of nitrogens with zero attached hydrogens (tertiary/aromatic N) is 1. The molecule has 2 heteroatoms. The zero-order chi connectivity index (χ0) is 13.8. The molecule has 2 N–H and O–H groups in total. The van der Waals surface area contributed by atoms with E-state index in [1.54, 1.807) is 0 Å². The van der Waals surface area contributed by atoms with Crippen molar-refractivity contribution in [2.45, 2.75) is 25.8 Å². The molecule has 0 amide bonds.